The van der Waals surface area contributed by atoms with E-state index in [0.29, 0.717) is 12.0 Å². The number of nitrogens with zero attached hydrogens (tertiary/aromatic N) is 3. The predicted molar refractivity (Wildman–Crippen MR) is 113 cm³/mol. The lowest BCUT2D eigenvalue weighted by molar-refractivity contribution is 0.198. The molecule has 1 N–H and O–H groups in total. The molecule has 4 heteroatoms. The van der Waals surface area contributed by atoms with Crippen LogP contribution in [0.15, 0.2) is 29.3 Å². The third kappa shape index (κ3) is 4.66. The molecular weight excluding hydrogens is 332 g/mol. The largest absolute Gasteiger partial charge is 0.353 e. The molecule has 3 atom stereocenters. The van der Waals surface area contributed by atoms with Gasteiger partial charge in [0.15, 0.2) is 5.96 Å². The molecule has 2 saturated heterocycles. The summed E-state index contributed by atoms with van der Waals surface area (Å²) < 4.78 is 0. The number of piperidine rings is 1. The van der Waals surface area contributed by atoms with Crippen molar-refractivity contribution < 1.29 is 0 Å². The van der Waals surface area contributed by atoms with Gasteiger partial charge in [-0.2, -0.15) is 0 Å². The molecule has 0 aromatic heterocycles. The third-order valence-corrected chi connectivity index (χ3v) is 6.55. The number of nitrogens with one attached hydrogen (secondary N) is 1. The highest BCUT2D eigenvalue weighted by molar-refractivity contribution is 5.81. The molecule has 0 spiro atoms. The van der Waals surface area contributed by atoms with Crippen molar-refractivity contribution in [2.45, 2.75) is 57.9 Å². The van der Waals surface area contributed by atoms with Gasteiger partial charge in [0.2, 0.25) is 0 Å². The SMILES string of the molecule is CCN=C(NC1CC1c1ccccc1C)N1CCC(CN2CCCCC2)C1. The van der Waals surface area contributed by atoms with Gasteiger partial charge in [0.1, 0.15) is 0 Å². The summed E-state index contributed by atoms with van der Waals surface area (Å²) in [6.07, 6.45) is 6.75. The number of rotatable bonds is 5. The van der Waals surface area contributed by atoms with E-state index in [1.807, 2.05) is 0 Å². The molecule has 3 aliphatic rings. The van der Waals surface area contributed by atoms with Crippen LogP contribution in [0.5, 0.6) is 0 Å². The van der Waals surface area contributed by atoms with Crippen LogP contribution < -0.4 is 5.32 Å². The second-order valence-electron chi connectivity index (χ2n) is 8.71. The van der Waals surface area contributed by atoms with Crippen molar-refractivity contribution in [3.05, 3.63) is 35.4 Å². The highest BCUT2D eigenvalue weighted by Gasteiger charge is 2.41. The standard InChI is InChI=1S/C23H36N4/c1-3-24-23(25-22-15-21(22)20-10-6-5-9-18(20)2)27-14-11-19(17-27)16-26-12-7-4-8-13-26/h5-6,9-10,19,21-22H,3-4,7-8,11-17H2,1-2H3,(H,24,25). The Hall–Kier alpha value is -1.55. The van der Waals surface area contributed by atoms with Gasteiger partial charge in [0.05, 0.1) is 0 Å². The summed E-state index contributed by atoms with van der Waals surface area (Å²) in [4.78, 5) is 10.0. The van der Waals surface area contributed by atoms with Crippen molar-refractivity contribution in [1.82, 2.24) is 15.1 Å². The number of aliphatic imine (C=N–C) groups is 1. The van der Waals surface area contributed by atoms with Crippen molar-refractivity contribution in [2.75, 3.05) is 39.3 Å². The molecule has 0 bridgehead atoms. The van der Waals surface area contributed by atoms with E-state index in [-0.39, 0.29) is 0 Å². The van der Waals surface area contributed by atoms with Crippen LogP contribution in [0.4, 0.5) is 0 Å². The highest BCUT2D eigenvalue weighted by atomic mass is 15.3. The number of benzene rings is 1. The Morgan fingerprint density at radius 3 is 2.74 bits per heavy atom. The van der Waals surface area contributed by atoms with Gasteiger partial charge in [-0.25, -0.2) is 0 Å². The van der Waals surface area contributed by atoms with Crippen molar-refractivity contribution >= 4 is 5.96 Å². The summed E-state index contributed by atoms with van der Waals surface area (Å²) in [6, 6.07) is 9.39. The van der Waals surface area contributed by atoms with Crippen molar-refractivity contribution in [3.8, 4) is 0 Å². The number of likely N-dealkylation sites (tertiary alicyclic amines) is 2. The zero-order valence-electron chi connectivity index (χ0n) is 17.2. The second-order valence-corrected chi connectivity index (χ2v) is 8.71. The van der Waals surface area contributed by atoms with E-state index in [9.17, 15) is 0 Å². The number of aryl methyl sites for hydroxylation is 1. The smallest absolute Gasteiger partial charge is 0.194 e. The Labute approximate surface area is 165 Å². The first-order valence-corrected chi connectivity index (χ1v) is 11.1. The molecule has 27 heavy (non-hydrogen) atoms. The molecule has 1 saturated carbocycles. The molecule has 3 unspecified atom stereocenters. The van der Waals surface area contributed by atoms with E-state index in [4.69, 9.17) is 4.99 Å². The molecule has 0 amide bonds. The van der Waals surface area contributed by atoms with Gasteiger partial charge in [0, 0.05) is 38.1 Å². The lowest BCUT2D eigenvalue weighted by atomic mass is 10.0. The Morgan fingerprint density at radius 1 is 1.15 bits per heavy atom. The maximum atomic E-state index is 4.84. The monoisotopic (exact) mass is 368 g/mol. The van der Waals surface area contributed by atoms with Crippen LogP contribution in [-0.2, 0) is 0 Å². The zero-order chi connectivity index (χ0) is 18.6. The number of guanidine groups is 1. The first-order valence-electron chi connectivity index (χ1n) is 11.1. The maximum absolute atomic E-state index is 4.84. The molecule has 4 nitrogen and oxygen atoms in total. The molecule has 2 aliphatic heterocycles. The molecular formula is C23H36N4. The van der Waals surface area contributed by atoms with Gasteiger partial charge in [-0.1, -0.05) is 30.7 Å². The molecule has 148 valence electrons. The average molecular weight is 369 g/mol. The van der Waals surface area contributed by atoms with Gasteiger partial charge in [0.25, 0.3) is 0 Å². The average Bonchev–Trinajstić information content (AvgIpc) is 3.29. The third-order valence-electron chi connectivity index (χ3n) is 6.55. The van der Waals surface area contributed by atoms with Crippen LogP contribution in [0.25, 0.3) is 0 Å². The van der Waals surface area contributed by atoms with Gasteiger partial charge in [-0.3, -0.25) is 4.99 Å². The lowest BCUT2D eigenvalue weighted by Gasteiger charge is -2.29. The van der Waals surface area contributed by atoms with Crippen LogP contribution in [0, 0.1) is 12.8 Å². The van der Waals surface area contributed by atoms with E-state index in [2.05, 4.69) is 53.2 Å². The summed E-state index contributed by atoms with van der Waals surface area (Å²) in [7, 11) is 0. The summed E-state index contributed by atoms with van der Waals surface area (Å²) in [5.74, 6) is 2.61. The summed E-state index contributed by atoms with van der Waals surface area (Å²) in [6.45, 7) is 11.5. The first kappa shape index (κ1) is 18.8. The Bertz CT molecular complexity index is 650. The minimum atomic E-state index is 0.553. The molecule has 4 rings (SSSR count). The molecule has 1 aliphatic carbocycles. The number of hydrogen-bond acceptors (Lipinski definition) is 2. The minimum absolute atomic E-state index is 0.553. The van der Waals surface area contributed by atoms with Gasteiger partial charge < -0.3 is 15.1 Å². The van der Waals surface area contributed by atoms with Crippen LogP contribution in [0.3, 0.4) is 0 Å². The van der Waals surface area contributed by atoms with Gasteiger partial charge >= 0.3 is 0 Å². The fourth-order valence-corrected chi connectivity index (χ4v) is 4.93. The molecule has 0 radical (unpaired) electrons. The quantitative estimate of drug-likeness (QED) is 0.636. The lowest BCUT2D eigenvalue weighted by Crippen LogP contribution is -2.42. The van der Waals surface area contributed by atoms with Crippen LogP contribution in [-0.4, -0.2) is 61.1 Å². The van der Waals surface area contributed by atoms with E-state index < -0.39 is 0 Å². The Balaban J connectivity index is 1.31. The fourth-order valence-electron chi connectivity index (χ4n) is 4.93. The van der Waals surface area contributed by atoms with Crippen LogP contribution in [0.1, 0.15) is 56.1 Å². The number of hydrogen-bond donors (Lipinski definition) is 1. The van der Waals surface area contributed by atoms with E-state index in [1.54, 1.807) is 0 Å². The Kier molecular flexibility index (Phi) is 6.01. The van der Waals surface area contributed by atoms with Crippen molar-refractivity contribution in [2.24, 2.45) is 10.9 Å². The zero-order valence-corrected chi connectivity index (χ0v) is 17.2. The highest BCUT2D eigenvalue weighted by Crippen LogP contribution is 2.42. The van der Waals surface area contributed by atoms with E-state index in [0.717, 1.165) is 25.0 Å². The second kappa shape index (κ2) is 8.64. The molecule has 1 aromatic carbocycles. The van der Waals surface area contributed by atoms with E-state index in [1.165, 1.54) is 69.4 Å². The minimum Gasteiger partial charge on any atom is -0.353 e. The van der Waals surface area contributed by atoms with E-state index >= 15 is 0 Å². The predicted octanol–water partition coefficient (Wildman–Crippen LogP) is 3.62. The molecule has 1 aromatic rings. The van der Waals surface area contributed by atoms with Crippen molar-refractivity contribution in [1.29, 1.82) is 0 Å². The summed E-state index contributed by atoms with van der Waals surface area (Å²) >= 11 is 0. The van der Waals surface area contributed by atoms with Gasteiger partial charge in [-0.15, -0.1) is 0 Å². The fraction of sp³-hybridized carbons (Fsp3) is 0.696. The van der Waals surface area contributed by atoms with Crippen LogP contribution >= 0.6 is 0 Å². The van der Waals surface area contributed by atoms with Crippen molar-refractivity contribution in [3.63, 3.8) is 0 Å². The Morgan fingerprint density at radius 2 is 1.96 bits per heavy atom. The topological polar surface area (TPSA) is 30.9 Å². The van der Waals surface area contributed by atoms with Crippen LogP contribution in [0.2, 0.25) is 0 Å². The normalized spacial score (nSPS) is 29.2. The molecule has 3 fully saturated rings. The molecule has 2 heterocycles. The first-order chi connectivity index (χ1) is 13.2. The summed E-state index contributed by atoms with van der Waals surface area (Å²) in [5, 5.41) is 3.80. The van der Waals surface area contributed by atoms with Gasteiger partial charge in [-0.05, 0) is 69.7 Å². The maximum Gasteiger partial charge on any atom is 0.194 e. The summed E-state index contributed by atoms with van der Waals surface area (Å²) in [5.41, 5.74) is 2.93.